The molecule has 0 aliphatic carbocycles. The summed E-state index contributed by atoms with van der Waals surface area (Å²) in [5.74, 6) is 0. The van der Waals surface area contributed by atoms with Crippen molar-refractivity contribution in [2.24, 2.45) is 0 Å². The fraction of sp³-hybridized carbons (Fsp3) is 0.200. The number of aryl methyl sites for hydroxylation is 1. The zero-order valence-electron chi connectivity index (χ0n) is 10.7. The van der Waals surface area contributed by atoms with Gasteiger partial charge in [0.2, 0.25) is 0 Å². The minimum Gasteiger partial charge on any atom is -0.382 e. The van der Waals surface area contributed by atoms with Gasteiger partial charge in [0.1, 0.15) is 6.10 Å². The van der Waals surface area contributed by atoms with Gasteiger partial charge >= 0.3 is 0 Å². The van der Waals surface area contributed by atoms with Crippen molar-refractivity contribution in [2.45, 2.75) is 19.6 Å². The minimum absolute atomic E-state index is 0.685. The molecule has 1 aromatic carbocycles. The fourth-order valence-corrected chi connectivity index (χ4v) is 2.36. The molecular weight excluding hydrogens is 238 g/mol. The van der Waals surface area contributed by atoms with Crippen LogP contribution in [0.2, 0.25) is 0 Å². The maximum Gasteiger partial charge on any atom is 0.121 e. The highest BCUT2D eigenvalue weighted by Crippen LogP contribution is 2.28. The predicted octanol–water partition coefficient (Wildman–Crippen LogP) is 2.53. The van der Waals surface area contributed by atoms with Gasteiger partial charge in [-0.05, 0) is 23.9 Å². The normalized spacial score (nSPS) is 12.7. The third kappa shape index (κ3) is 2.00. The Labute approximate surface area is 111 Å². The summed E-state index contributed by atoms with van der Waals surface area (Å²) in [6, 6.07) is 7.85. The molecular formula is C15H15N3O. The molecule has 0 saturated carbocycles. The lowest BCUT2D eigenvalue weighted by Gasteiger charge is -2.15. The molecule has 0 radical (unpaired) electrons. The molecule has 1 atom stereocenters. The summed E-state index contributed by atoms with van der Waals surface area (Å²) >= 11 is 0. The second kappa shape index (κ2) is 4.82. The predicted molar refractivity (Wildman–Crippen MR) is 73.7 cm³/mol. The lowest BCUT2D eigenvalue weighted by Crippen LogP contribution is -2.07. The number of hydrogen-bond acceptors (Lipinski definition) is 3. The van der Waals surface area contributed by atoms with Gasteiger partial charge in [0.15, 0.2) is 0 Å². The number of pyridine rings is 1. The van der Waals surface area contributed by atoms with Crippen LogP contribution in [-0.2, 0) is 6.54 Å². The number of aliphatic hydroxyl groups excluding tert-OH is 1. The maximum absolute atomic E-state index is 10.6. The molecule has 2 heterocycles. The summed E-state index contributed by atoms with van der Waals surface area (Å²) in [6.07, 6.45) is 6.32. The van der Waals surface area contributed by atoms with Crippen LogP contribution in [0.4, 0.5) is 0 Å². The van der Waals surface area contributed by atoms with Gasteiger partial charge in [0.05, 0.1) is 18.2 Å². The summed E-state index contributed by atoms with van der Waals surface area (Å²) in [5.41, 5.74) is 1.67. The Balaban J connectivity index is 2.14. The summed E-state index contributed by atoms with van der Waals surface area (Å²) in [6.45, 7) is 2.82. The highest BCUT2D eigenvalue weighted by Gasteiger charge is 2.16. The number of fused-ring (bicyclic) bond motifs is 1. The molecule has 4 nitrogen and oxygen atoms in total. The molecule has 1 N–H and O–H groups in total. The van der Waals surface area contributed by atoms with Crippen molar-refractivity contribution in [1.29, 1.82) is 0 Å². The molecule has 0 amide bonds. The summed E-state index contributed by atoms with van der Waals surface area (Å²) in [5, 5.41) is 12.7. The average Bonchev–Trinajstić information content (AvgIpc) is 2.94. The van der Waals surface area contributed by atoms with E-state index in [-0.39, 0.29) is 0 Å². The molecule has 0 fully saturated rings. The standard InChI is InChI=1S/C15H15N3O/c1-2-18-10-17-9-14(18)15(19)12-5-3-4-11-6-7-16-8-13(11)12/h3-10,15,19H,2H2,1H3. The summed E-state index contributed by atoms with van der Waals surface area (Å²) < 4.78 is 1.94. The van der Waals surface area contributed by atoms with Crippen molar-refractivity contribution in [3.8, 4) is 0 Å². The molecule has 19 heavy (non-hydrogen) atoms. The Bertz CT molecular complexity index is 700. The van der Waals surface area contributed by atoms with Crippen molar-refractivity contribution in [3.63, 3.8) is 0 Å². The first-order valence-electron chi connectivity index (χ1n) is 6.32. The van der Waals surface area contributed by atoms with Crippen molar-refractivity contribution in [2.75, 3.05) is 0 Å². The quantitative estimate of drug-likeness (QED) is 0.780. The first-order valence-corrected chi connectivity index (χ1v) is 6.32. The van der Waals surface area contributed by atoms with E-state index in [1.807, 2.05) is 35.8 Å². The van der Waals surface area contributed by atoms with Crippen LogP contribution in [0.25, 0.3) is 10.8 Å². The highest BCUT2D eigenvalue weighted by molar-refractivity contribution is 5.85. The highest BCUT2D eigenvalue weighted by atomic mass is 16.3. The number of aliphatic hydroxyl groups is 1. The van der Waals surface area contributed by atoms with Crippen molar-refractivity contribution < 1.29 is 5.11 Å². The van der Waals surface area contributed by atoms with Gasteiger partial charge in [-0.2, -0.15) is 0 Å². The van der Waals surface area contributed by atoms with Gasteiger partial charge in [-0.25, -0.2) is 4.98 Å². The lowest BCUT2D eigenvalue weighted by molar-refractivity contribution is 0.211. The molecule has 3 aromatic rings. The number of benzene rings is 1. The van der Waals surface area contributed by atoms with E-state index in [0.29, 0.717) is 0 Å². The second-order valence-electron chi connectivity index (χ2n) is 4.45. The van der Waals surface area contributed by atoms with E-state index in [0.717, 1.165) is 28.6 Å². The van der Waals surface area contributed by atoms with E-state index in [2.05, 4.69) is 9.97 Å². The van der Waals surface area contributed by atoms with Gasteiger partial charge in [0, 0.05) is 24.3 Å². The number of nitrogens with zero attached hydrogens (tertiary/aromatic N) is 3. The van der Waals surface area contributed by atoms with Gasteiger partial charge in [0.25, 0.3) is 0 Å². The molecule has 96 valence electrons. The molecule has 2 aromatic heterocycles. The van der Waals surface area contributed by atoms with Crippen LogP contribution in [0.15, 0.2) is 49.2 Å². The third-order valence-corrected chi connectivity index (χ3v) is 3.38. The van der Waals surface area contributed by atoms with Crippen LogP contribution in [-0.4, -0.2) is 19.6 Å². The van der Waals surface area contributed by atoms with Crippen LogP contribution in [0, 0.1) is 0 Å². The van der Waals surface area contributed by atoms with E-state index in [1.54, 1.807) is 24.9 Å². The van der Waals surface area contributed by atoms with Crippen LogP contribution in [0.3, 0.4) is 0 Å². The molecule has 3 rings (SSSR count). The van der Waals surface area contributed by atoms with Crippen LogP contribution in [0.1, 0.15) is 24.3 Å². The van der Waals surface area contributed by atoms with E-state index in [4.69, 9.17) is 0 Å². The number of imidazole rings is 1. The zero-order chi connectivity index (χ0) is 13.2. The van der Waals surface area contributed by atoms with Crippen LogP contribution in [0.5, 0.6) is 0 Å². The molecule has 0 aliphatic heterocycles. The monoisotopic (exact) mass is 253 g/mol. The lowest BCUT2D eigenvalue weighted by atomic mass is 10.0. The molecule has 0 aliphatic rings. The van der Waals surface area contributed by atoms with Crippen molar-refractivity contribution >= 4 is 10.8 Å². The number of hydrogen-bond donors (Lipinski definition) is 1. The van der Waals surface area contributed by atoms with Crippen LogP contribution >= 0.6 is 0 Å². The molecule has 4 heteroatoms. The third-order valence-electron chi connectivity index (χ3n) is 3.38. The Morgan fingerprint density at radius 3 is 2.95 bits per heavy atom. The molecule has 0 saturated heterocycles. The van der Waals surface area contributed by atoms with Gasteiger partial charge in [-0.3, -0.25) is 4.98 Å². The Morgan fingerprint density at radius 1 is 1.21 bits per heavy atom. The number of rotatable bonds is 3. The first-order chi connectivity index (χ1) is 9.31. The topological polar surface area (TPSA) is 50.9 Å². The van der Waals surface area contributed by atoms with Gasteiger partial charge in [-0.15, -0.1) is 0 Å². The Morgan fingerprint density at radius 2 is 2.11 bits per heavy atom. The maximum atomic E-state index is 10.6. The minimum atomic E-state index is -0.685. The summed E-state index contributed by atoms with van der Waals surface area (Å²) in [7, 11) is 0. The van der Waals surface area contributed by atoms with Crippen molar-refractivity contribution in [1.82, 2.24) is 14.5 Å². The molecule has 0 bridgehead atoms. The average molecular weight is 253 g/mol. The Hall–Kier alpha value is -2.20. The largest absolute Gasteiger partial charge is 0.382 e. The molecule has 0 spiro atoms. The Kier molecular flexibility index (Phi) is 3.01. The van der Waals surface area contributed by atoms with E-state index in [9.17, 15) is 5.11 Å². The SMILES string of the molecule is CCn1cncc1C(O)c1cccc2ccncc12. The summed E-state index contributed by atoms with van der Waals surface area (Å²) in [4.78, 5) is 8.25. The van der Waals surface area contributed by atoms with E-state index < -0.39 is 6.10 Å². The number of aromatic nitrogens is 3. The van der Waals surface area contributed by atoms with Crippen molar-refractivity contribution in [3.05, 3.63) is 60.4 Å². The zero-order valence-corrected chi connectivity index (χ0v) is 10.7. The van der Waals surface area contributed by atoms with Gasteiger partial charge < -0.3 is 9.67 Å². The smallest absolute Gasteiger partial charge is 0.121 e. The first kappa shape index (κ1) is 11.9. The van der Waals surface area contributed by atoms with Crippen LogP contribution < -0.4 is 0 Å². The molecule has 1 unspecified atom stereocenters. The van der Waals surface area contributed by atoms with E-state index >= 15 is 0 Å². The second-order valence-corrected chi connectivity index (χ2v) is 4.45. The van der Waals surface area contributed by atoms with E-state index in [1.165, 1.54) is 0 Å². The van der Waals surface area contributed by atoms with Gasteiger partial charge in [-0.1, -0.05) is 18.2 Å². The fourth-order valence-electron chi connectivity index (χ4n) is 2.36.